The number of amides is 1. The Bertz CT molecular complexity index is 640. The molecule has 2 N–H and O–H groups in total. The summed E-state index contributed by atoms with van der Waals surface area (Å²) in [6.07, 6.45) is 1.47. The molecule has 0 spiro atoms. The quantitative estimate of drug-likeness (QED) is 0.886. The molecule has 0 aliphatic carbocycles. The van der Waals surface area contributed by atoms with Crippen LogP contribution in [-0.4, -0.2) is 17.4 Å². The summed E-state index contributed by atoms with van der Waals surface area (Å²) in [6.45, 7) is 6.39. The first-order valence-electron chi connectivity index (χ1n) is 6.78. The van der Waals surface area contributed by atoms with E-state index < -0.39 is 0 Å². The molecule has 6 heteroatoms. The summed E-state index contributed by atoms with van der Waals surface area (Å²) in [5.41, 5.74) is 0.387. The molecule has 0 aliphatic heterocycles. The number of aryl methyl sites for hydroxylation is 1. The summed E-state index contributed by atoms with van der Waals surface area (Å²) in [7, 11) is 0. The van der Waals surface area contributed by atoms with Crippen LogP contribution in [0.15, 0.2) is 28.8 Å². The first-order valence-corrected chi connectivity index (χ1v) is 7.15. The van der Waals surface area contributed by atoms with Gasteiger partial charge in [0.15, 0.2) is 0 Å². The van der Waals surface area contributed by atoms with Crippen molar-refractivity contribution in [2.24, 2.45) is 0 Å². The van der Waals surface area contributed by atoms with Crippen molar-refractivity contribution >= 4 is 23.3 Å². The second kappa shape index (κ2) is 6.63. The molecule has 0 saturated heterocycles. The van der Waals surface area contributed by atoms with Crippen molar-refractivity contribution in [1.29, 1.82) is 0 Å². The standard InChI is InChI=1S/C15H18ClN3O2/c1-4-17-14-7-11(12(16)8-18-14)15(20)19-10(3)13-6-5-9(2)21-13/h5-8,10H,4H2,1-3H3,(H,17,18)(H,19,20). The molecule has 5 nitrogen and oxygen atoms in total. The smallest absolute Gasteiger partial charge is 0.253 e. The highest BCUT2D eigenvalue weighted by Crippen LogP contribution is 2.20. The lowest BCUT2D eigenvalue weighted by Crippen LogP contribution is -2.26. The van der Waals surface area contributed by atoms with E-state index in [0.717, 1.165) is 12.3 Å². The molecule has 2 aromatic heterocycles. The molecule has 1 amide bonds. The number of hydrogen-bond acceptors (Lipinski definition) is 4. The van der Waals surface area contributed by atoms with Crippen LogP contribution in [0.4, 0.5) is 5.82 Å². The van der Waals surface area contributed by atoms with Gasteiger partial charge >= 0.3 is 0 Å². The zero-order chi connectivity index (χ0) is 15.4. The lowest BCUT2D eigenvalue weighted by Gasteiger charge is -2.13. The molecule has 1 unspecified atom stereocenters. The minimum absolute atomic E-state index is 0.238. The van der Waals surface area contributed by atoms with Gasteiger partial charge in [0, 0.05) is 12.7 Å². The summed E-state index contributed by atoms with van der Waals surface area (Å²) in [5, 5.41) is 6.23. The minimum atomic E-state index is -0.261. The molecule has 0 bridgehead atoms. The monoisotopic (exact) mass is 307 g/mol. The van der Waals surface area contributed by atoms with Crippen molar-refractivity contribution in [3.05, 3.63) is 46.5 Å². The van der Waals surface area contributed by atoms with E-state index in [1.165, 1.54) is 6.20 Å². The van der Waals surface area contributed by atoms with E-state index in [1.807, 2.05) is 32.9 Å². The van der Waals surface area contributed by atoms with Crippen LogP contribution in [-0.2, 0) is 0 Å². The average molecular weight is 308 g/mol. The van der Waals surface area contributed by atoms with Crippen LogP contribution in [0.2, 0.25) is 5.02 Å². The Balaban J connectivity index is 2.14. The number of nitrogens with zero attached hydrogens (tertiary/aromatic N) is 1. The molecule has 0 radical (unpaired) electrons. The largest absolute Gasteiger partial charge is 0.464 e. The Hall–Kier alpha value is -2.01. The van der Waals surface area contributed by atoms with Crippen molar-refractivity contribution in [1.82, 2.24) is 10.3 Å². The average Bonchev–Trinajstić information content (AvgIpc) is 2.88. The van der Waals surface area contributed by atoms with E-state index in [-0.39, 0.29) is 11.9 Å². The second-order valence-electron chi connectivity index (χ2n) is 4.72. The van der Waals surface area contributed by atoms with Crippen molar-refractivity contribution in [2.45, 2.75) is 26.8 Å². The molecule has 2 rings (SSSR count). The zero-order valence-corrected chi connectivity index (χ0v) is 13.0. The highest BCUT2D eigenvalue weighted by atomic mass is 35.5. The van der Waals surface area contributed by atoms with Crippen LogP contribution >= 0.6 is 11.6 Å². The summed E-state index contributed by atoms with van der Waals surface area (Å²) in [6, 6.07) is 5.11. The van der Waals surface area contributed by atoms with Gasteiger partial charge < -0.3 is 15.1 Å². The van der Waals surface area contributed by atoms with Crippen LogP contribution < -0.4 is 10.6 Å². The summed E-state index contributed by atoms with van der Waals surface area (Å²) in [5.74, 6) is 1.87. The Kier molecular flexibility index (Phi) is 4.85. The maximum atomic E-state index is 12.3. The summed E-state index contributed by atoms with van der Waals surface area (Å²) < 4.78 is 5.50. The Morgan fingerprint density at radius 2 is 2.24 bits per heavy atom. The maximum Gasteiger partial charge on any atom is 0.253 e. The van der Waals surface area contributed by atoms with Crippen LogP contribution in [0, 0.1) is 6.92 Å². The molecule has 2 aromatic rings. The Labute approximate surface area is 128 Å². The van der Waals surface area contributed by atoms with Crippen LogP contribution in [0.3, 0.4) is 0 Å². The van der Waals surface area contributed by atoms with Gasteiger partial charge in [-0.05, 0) is 39.0 Å². The van der Waals surface area contributed by atoms with E-state index in [9.17, 15) is 4.79 Å². The SMILES string of the molecule is CCNc1cc(C(=O)NC(C)c2ccc(C)o2)c(Cl)cn1. The number of aromatic nitrogens is 1. The van der Waals surface area contributed by atoms with Gasteiger partial charge in [-0.25, -0.2) is 4.98 Å². The molecule has 0 aliphatic rings. The predicted molar refractivity (Wildman–Crippen MR) is 82.7 cm³/mol. The lowest BCUT2D eigenvalue weighted by molar-refractivity contribution is 0.0935. The second-order valence-corrected chi connectivity index (χ2v) is 5.13. The van der Waals surface area contributed by atoms with Gasteiger partial charge in [0.05, 0.1) is 16.6 Å². The molecule has 0 fully saturated rings. The van der Waals surface area contributed by atoms with Crippen molar-refractivity contribution in [3.63, 3.8) is 0 Å². The summed E-state index contributed by atoms with van der Waals surface area (Å²) >= 11 is 6.05. The van der Waals surface area contributed by atoms with Gasteiger partial charge in [-0.3, -0.25) is 4.79 Å². The first-order chi connectivity index (χ1) is 10.0. The topological polar surface area (TPSA) is 67.2 Å². The molecule has 2 heterocycles. The molecule has 0 saturated carbocycles. The molecule has 21 heavy (non-hydrogen) atoms. The van der Waals surface area contributed by atoms with Crippen LogP contribution in [0.25, 0.3) is 0 Å². The number of hydrogen-bond donors (Lipinski definition) is 2. The molecular weight excluding hydrogens is 290 g/mol. The third-order valence-corrected chi connectivity index (χ3v) is 3.29. The number of carbonyl (C=O) groups is 1. The van der Waals surface area contributed by atoms with Crippen molar-refractivity contribution < 1.29 is 9.21 Å². The fourth-order valence-electron chi connectivity index (χ4n) is 1.92. The van der Waals surface area contributed by atoms with Crippen LogP contribution in [0.1, 0.15) is 41.8 Å². The van der Waals surface area contributed by atoms with Crippen molar-refractivity contribution in [2.75, 3.05) is 11.9 Å². The Morgan fingerprint density at radius 3 is 2.86 bits per heavy atom. The maximum absolute atomic E-state index is 12.3. The highest BCUT2D eigenvalue weighted by Gasteiger charge is 2.17. The highest BCUT2D eigenvalue weighted by molar-refractivity contribution is 6.33. The van der Waals surface area contributed by atoms with Crippen molar-refractivity contribution in [3.8, 4) is 0 Å². The molecule has 112 valence electrons. The number of anilines is 1. The Morgan fingerprint density at radius 1 is 1.48 bits per heavy atom. The third kappa shape index (κ3) is 3.76. The molecule has 0 aromatic carbocycles. The summed E-state index contributed by atoms with van der Waals surface area (Å²) in [4.78, 5) is 16.4. The minimum Gasteiger partial charge on any atom is -0.464 e. The number of nitrogens with one attached hydrogen (secondary N) is 2. The van der Waals surface area contributed by atoms with Gasteiger partial charge in [0.25, 0.3) is 5.91 Å². The predicted octanol–water partition coefficient (Wildman–Crippen LogP) is 3.56. The molecule has 1 atom stereocenters. The van der Waals surface area contributed by atoms with Gasteiger partial charge in [-0.15, -0.1) is 0 Å². The number of pyridine rings is 1. The van der Waals surface area contributed by atoms with Gasteiger partial charge in [-0.1, -0.05) is 11.6 Å². The number of rotatable bonds is 5. The van der Waals surface area contributed by atoms with Gasteiger partial charge in [0.2, 0.25) is 0 Å². The number of halogens is 1. The van der Waals surface area contributed by atoms with Crippen LogP contribution in [0.5, 0.6) is 0 Å². The number of carbonyl (C=O) groups excluding carboxylic acids is 1. The van der Waals surface area contributed by atoms with Gasteiger partial charge in [-0.2, -0.15) is 0 Å². The van der Waals surface area contributed by atoms with E-state index >= 15 is 0 Å². The molecular formula is C15H18ClN3O2. The number of furan rings is 1. The first kappa shape index (κ1) is 15.4. The van der Waals surface area contributed by atoms with E-state index in [2.05, 4.69) is 15.6 Å². The normalized spacial score (nSPS) is 12.0. The van der Waals surface area contributed by atoms with E-state index in [1.54, 1.807) is 6.07 Å². The fourth-order valence-corrected chi connectivity index (χ4v) is 2.11. The van der Waals surface area contributed by atoms with E-state index in [4.69, 9.17) is 16.0 Å². The fraction of sp³-hybridized carbons (Fsp3) is 0.333. The lowest BCUT2D eigenvalue weighted by atomic mass is 10.2. The van der Waals surface area contributed by atoms with Gasteiger partial charge in [0.1, 0.15) is 17.3 Å². The van der Waals surface area contributed by atoms with E-state index in [0.29, 0.717) is 22.2 Å². The third-order valence-electron chi connectivity index (χ3n) is 2.99. The zero-order valence-electron chi connectivity index (χ0n) is 12.2.